The van der Waals surface area contributed by atoms with E-state index in [1.807, 2.05) is 42.2 Å². The van der Waals surface area contributed by atoms with Gasteiger partial charge in [0.2, 0.25) is 17.8 Å². The molecule has 1 unspecified atom stereocenters. The summed E-state index contributed by atoms with van der Waals surface area (Å²) in [5.41, 5.74) is 8.59. The zero-order valence-electron chi connectivity index (χ0n) is 18.3. The van der Waals surface area contributed by atoms with Crippen LogP contribution in [0.5, 0.6) is 0 Å². The molecule has 2 N–H and O–H groups in total. The van der Waals surface area contributed by atoms with Crippen LogP contribution in [-0.4, -0.2) is 78.4 Å². The van der Waals surface area contributed by atoms with Crippen LogP contribution in [0.15, 0.2) is 30.5 Å². The Morgan fingerprint density at radius 3 is 2.68 bits per heavy atom. The van der Waals surface area contributed by atoms with Gasteiger partial charge >= 0.3 is 0 Å². The number of hydrogen-bond acceptors (Lipinski definition) is 6. The summed E-state index contributed by atoms with van der Waals surface area (Å²) >= 11 is 0. The lowest BCUT2D eigenvalue weighted by atomic mass is 9.95. The molecule has 1 aromatic heterocycles. The first-order valence-corrected chi connectivity index (χ1v) is 10.9. The van der Waals surface area contributed by atoms with Crippen LogP contribution in [0.1, 0.15) is 41.2 Å². The third kappa shape index (κ3) is 4.69. The molecular formula is C23H30N6O2. The Morgan fingerprint density at radius 1 is 1.19 bits per heavy atom. The summed E-state index contributed by atoms with van der Waals surface area (Å²) in [5, 5.41) is 0. The van der Waals surface area contributed by atoms with E-state index >= 15 is 0 Å². The first-order valence-electron chi connectivity index (χ1n) is 10.9. The van der Waals surface area contributed by atoms with Gasteiger partial charge in [-0.1, -0.05) is 12.1 Å². The van der Waals surface area contributed by atoms with Crippen LogP contribution in [0.3, 0.4) is 0 Å². The van der Waals surface area contributed by atoms with E-state index in [9.17, 15) is 9.59 Å². The Hall–Kier alpha value is -3.00. The lowest BCUT2D eigenvalue weighted by Crippen LogP contribution is -2.38. The van der Waals surface area contributed by atoms with Gasteiger partial charge in [-0.15, -0.1) is 0 Å². The summed E-state index contributed by atoms with van der Waals surface area (Å²) in [4.78, 5) is 39.9. The van der Waals surface area contributed by atoms with Crippen LogP contribution in [-0.2, 0) is 4.79 Å². The van der Waals surface area contributed by atoms with E-state index in [0.717, 1.165) is 42.9 Å². The third-order valence-electron chi connectivity index (χ3n) is 6.15. The number of nitrogens with zero attached hydrogens (tertiary/aromatic N) is 5. The van der Waals surface area contributed by atoms with Gasteiger partial charge in [-0.25, -0.2) is 9.97 Å². The number of anilines is 1. The van der Waals surface area contributed by atoms with Gasteiger partial charge in [0.1, 0.15) is 0 Å². The van der Waals surface area contributed by atoms with Crippen LogP contribution in [0.4, 0.5) is 5.95 Å². The number of carbonyl (C=O) groups excluding carboxylic acids is 2. The quantitative estimate of drug-likeness (QED) is 0.762. The van der Waals surface area contributed by atoms with Crippen molar-refractivity contribution in [3.05, 3.63) is 41.7 Å². The lowest BCUT2D eigenvalue weighted by molar-refractivity contribution is -0.131. The van der Waals surface area contributed by atoms with Gasteiger partial charge in [0.25, 0.3) is 0 Å². The van der Waals surface area contributed by atoms with Crippen molar-refractivity contribution in [3.8, 4) is 11.1 Å². The van der Waals surface area contributed by atoms with Crippen LogP contribution < -0.4 is 10.6 Å². The molecule has 1 atom stereocenters. The summed E-state index contributed by atoms with van der Waals surface area (Å²) in [5.74, 6) is 0.487. The second-order valence-corrected chi connectivity index (χ2v) is 8.62. The van der Waals surface area contributed by atoms with Crippen molar-refractivity contribution in [2.24, 2.45) is 5.73 Å². The van der Waals surface area contributed by atoms with Gasteiger partial charge in [-0.05, 0) is 50.0 Å². The smallest absolute Gasteiger partial charge is 0.248 e. The highest BCUT2D eigenvalue weighted by molar-refractivity contribution is 5.94. The van der Waals surface area contributed by atoms with E-state index < -0.39 is 5.91 Å². The van der Waals surface area contributed by atoms with Crippen LogP contribution >= 0.6 is 0 Å². The van der Waals surface area contributed by atoms with Gasteiger partial charge in [0.05, 0.1) is 12.2 Å². The van der Waals surface area contributed by atoms with E-state index in [1.165, 1.54) is 12.8 Å². The average molecular weight is 423 g/mol. The number of rotatable bonds is 6. The molecule has 0 bridgehead atoms. The standard InChI is InChI=1S/C23H30N6O2/c1-27(2)23-25-13-19(16-6-5-7-17(12-16)22(24)31)21(26-23)18-8-11-29(14-18)20(30)15-28-9-3-4-10-28/h5-7,12-13,18H,3-4,8-11,14-15H2,1-2H3,(H2,24,31). The maximum atomic E-state index is 12.8. The van der Waals surface area contributed by atoms with Crippen molar-refractivity contribution < 1.29 is 9.59 Å². The molecule has 2 fully saturated rings. The lowest BCUT2D eigenvalue weighted by Gasteiger charge is -2.22. The molecule has 2 saturated heterocycles. The SMILES string of the molecule is CN(C)c1ncc(-c2cccc(C(N)=O)c2)c(C2CCN(C(=O)CN3CCCC3)C2)n1. The van der Waals surface area contributed by atoms with Crippen LogP contribution in [0.25, 0.3) is 11.1 Å². The van der Waals surface area contributed by atoms with Crippen LogP contribution in [0.2, 0.25) is 0 Å². The molecule has 1 aromatic carbocycles. The zero-order valence-corrected chi connectivity index (χ0v) is 18.3. The first-order chi connectivity index (χ1) is 14.9. The Morgan fingerprint density at radius 2 is 1.97 bits per heavy atom. The van der Waals surface area contributed by atoms with Crippen molar-refractivity contribution >= 4 is 17.8 Å². The fourth-order valence-corrected chi connectivity index (χ4v) is 4.42. The Labute approximate surface area is 183 Å². The highest BCUT2D eigenvalue weighted by atomic mass is 16.2. The molecule has 0 spiro atoms. The highest BCUT2D eigenvalue weighted by Crippen LogP contribution is 2.34. The number of hydrogen-bond donors (Lipinski definition) is 1. The summed E-state index contributed by atoms with van der Waals surface area (Å²) in [7, 11) is 3.82. The van der Waals surface area contributed by atoms with Gasteiger partial charge in [-0.3, -0.25) is 14.5 Å². The average Bonchev–Trinajstić information content (AvgIpc) is 3.45. The largest absolute Gasteiger partial charge is 0.366 e. The number of nitrogens with two attached hydrogens (primary N) is 1. The van der Waals surface area contributed by atoms with Crippen molar-refractivity contribution in [2.45, 2.75) is 25.2 Å². The molecule has 4 rings (SSSR count). The van der Waals surface area contributed by atoms with Crippen molar-refractivity contribution in [1.29, 1.82) is 0 Å². The maximum absolute atomic E-state index is 12.8. The van der Waals surface area contributed by atoms with E-state index in [-0.39, 0.29) is 11.8 Å². The zero-order chi connectivity index (χ0) is 22.0. The normalized spacial score (nSPS) is 19.0. The summed E-state index contributed by atoms with van der Waals surface area (Å²) in [6.45, 7) is 3.92. The minimum absolute atomic E-state index is 0.122. The molecule has 0 saturated carbocycles. The minimum atomic E-state index is -0.464. The molecule has 3 heterocycles. The Bertz CT molecular complexity index is 970. The van der Waals surface area contributed by atoms with Crippen molar-refractivity contribution in [2.75, 3.05) is 51.7 Å². The third-order valence-corrected chi connectivity index (χ3v) is 6.15. The molecule has 2 aromatic rings. The Balaban J connectivity index is 1.60. The molecule has 0 aliphatic carbocycles. The molecule has 2 aliphatic rings. The minimum Gasteiger partial charge on any atom is -0.366 e. The summed E-state index contributed by atoms with van der Waals surface area (Å²) in [6, 6.07) is 7.24. The van der Waals surface area contributed by atoms with Gasteiger partial charge in [0, 0.05) is 50.4 Å². The number of aromatic nitrogens is 2. The maximum Gasteiger partial charge on any atom is 0.248 e. The molecule has 0 radical (unpaired) electrons. The van der Waals surface area contributed by atoms with Crippen molar-refractivity contribution in [3.63, 3.8) is 0 Å². The van der Waals surface area contributed by atoms with Crippen molar-refractivity contribution in [1.82, 2.24) is 19.8 Å². The number of carbonyl (C=O) groups is 2. The van der Waals surface area contributed by atoms with Gasteiger partial charge in [0.15, 0.2) is 0 Å². The molecule has 2 aliphatic heterocycles. The molecule has 2 amide bonds. The fourth-order valence-electron chi connectivity index (χ4n) is 4.42. The van der Waals surface area contributed by atoms with Gasteiger partial charge < -0.3 is 15.5 Å². The predicted octanol–water partition coefficient (Wildman–Crippen LogP) is 1.72. The Kier molecular flexibility index (Phi) is 6.18. The second kappa shape index (κ2) is 9.01. The molecule has 31 heavy (non-hydrogen) atoms. The summed E-state index contributed by atoms with van der Waals surface area (Å²) in [6.07, 6.45) is 5.03. The van der Waals surface area contributed by atoms with E-state index in [1.54, 1.807) is 12.1 Å². The number of likely N-dealkylation sites (tertiary alicyclic amines) is 2. The van der Waals surface area contributed by atoms with Crippen LogP contribution in [0, 0.1) is 0 Å². The molecule has 8 nitrogen and oxygen atoms in total. The van der Waals surface area contributed by atoms with E-state index in [4.69, 9.17) is 10.7 Å². The number of amides is 2. The van der Waals surface area contributed by atoms with E-state index in [0.29, 0.717) is 24.6 Å². The van der Waals surface area contributed by atoms with Gasteiger partial charge in [-0.2, -0.15) is 0 Å². The molecule has 8 heteroatoms. The predicted molar refractivity (Wildman–Crippen MR) is 120 cm³/mol. The summed E-state index contributed by atoms with van der Waals surface area (Å²) < 4.78 is 0. The fraction of sp³-hybridized carbons (Fsp3) is 0.478. The highest BCUT2D eigenvalue weighted by Gasteiger charge is 2.31. The second-order valence-electron chi connectivity index (χ2n) is 8.62. The number of benzene rings is 1. The molecule has 164 valence electrons. The topological polar surface area (TPSA) is 95.7 Å². The van der Waals surface area contributed by atoms with E-state index in [2.05, 4.69) is 9.88 Å². The molecular weight excluding hydrogens is 392 g/mol. The first kappa shape index (κ1) is 21.2. The number of primary amides is 1. The monoisotopic (exact) mass is 422 g/mol.